The quantitative estimate of drug-likeness (QED) is 0.124. The third kappa shape index (κ3) is 13.7. The predicted octanol–water partition coefficient (Wildman–Crippen LogP) is 29.3. The van der Waals surface area contributed by atoms with Gasteiger partial charge in [0.1, 0.15) is 34.5 Å². The Bertz CT molecular complexity index is 8880. The van der Waals surface area contributed by atoms with Crippen LogP contribution in [0.3, 0.4) is 0 Å². The van der Waals surface area contributed by atoms with Crippen LogP contribution in [-0.2, 0) is 16.2 Å². The molecule has 0 fully saturated rings. The molecule has 15 nitrogen and oxygen atoms in total. The molecule has 3 aliphatic carbocycles. The lowest BCUT2D eigenvalue weighted by atomic mass is 9.66. The highest BCUT2D eigenvalue weighted by Gasteiger charge is 2.55. The standard InChI is InChI=1S/C47H28N4O.2C41H24N4O/c48-29-30-12-10-15-34(28-30)31-24-26-33(27-25-31)45-49-44(32-13-2-1-3-14-32)50-46(51-45)36-17-11-21-40-43(36)35-16-4-5-18-37(35)47(40)38-19-6-8-22-41(38)52-42-23-9-7-20-39(42)47;42-25-26-21-23-28(24-22-26)39-43-38(27-11-2-1-3-12-27)44-40(45-39)30-14-10-18-34-37(30)29-13-4-5-15-31(29)41(34)32-16-6-8-19-35(32)46-36-20-9-7-17-33(36)41;42-25-26-18-20-28(21-19-26)39-43-38(27-10-2-1-3-11-27)44-40(45-39)29-22-23-31-30-12-4-5-13-32(30)41(35(31)24-29)33-14-6-8-16-36(33)46-37-17-9-7-15-34(37)41/h1-28H;2*1-24H. The average molecular weight is 1840 g/mol. The number of hydrogen-bond donors (Lipinski definition) is 0. The van der Waals surface area contributed by atoms with Gasteiger partial charge < -0.3 is 14.2 Å². The van der Waals surface area contributed by atoms with Crippen LogP contribution in [0.15, 0.2) is 461 Å². The molecular formula is C129H76N12O3. The van der Waals surface area contributed by atoms with Crippen molar-refractivity contribution in [3.8, 4) is 200 Å². The SMILES string of the molecule is N#Cc1ccc(-c2nc(-c3ccccc3)nc(-c3ccc4c(c3)C3(c5ccccc5Oc5ccccc53)c3ccccc3-4)n2)cc1.N#Cc1ccc(-c2nc(-c3ccccc3)nc(-c3cccc4c3-c3ccccc3C43c4ccccc4Oc4ccccc43)n2)cc1.N#Cc1cccc(-c2ccc(-c3nc(-c4ccccc4)nc(-c4cccc5c4-c4ccccc4C54c5ccccc5Oc5ccccc54)n3)cc2)c1. The second-order valence-corrected chi connectivity index (χ2v) is 36.1. The third-order valence-corrected chi connectivity index (χ3v) is 28.3. The first-order valence-electron chi connectivity index (χ1n) is 47.6. The maximum Gasteiger partial charge on any atom is 0.164 e. The van der Waals surface area contributed by atoms with Crippen LogP contribution < -0.4 is 14.2 Å². The summed E-state index contributed by atoms with van der Waals surface area (Å²) in [5.41, 5.74) is 30.6. The molecule has 3 aliphatic heterocycles. The summed E-state index contributed by atoms with van der Waals surface area (Å²) in [5.74, 6) is 10.3. The molecule has 0 unspecified atom stereocenters. The molecule has 6 aliphatic rings. The molecule has 0 amide bonds. The Balaban J connectivity index is 0.000000110. The van der Waals surface area contributed by atoms with Gasteiger partial charge in [-0.3, -0.25) is 0 Å². The van der Waals surface area contributed by atoms with Crippen LogP contribution >= 0.6 is 0 Å². The summed E-state index contributed by atoms with van der Waals surface area (Å²) < 4.78 is 19.5. The molecule has 0 N–H and O–H groups in total. The molecule has 3 spiro atoms. The van der Waals surface area contributed by atoms with E-state index in [0.29, 0.717) is 69.1 Å². The van der Waals surface area contributed by atoms with Gasteiger partial charge in [0, 0.05) is 83.5 Å². The van der Waals surface area contributed by atoms with E-state index >= 15 is 0 Å². The van der Waals surface area contributed by atoms with E-state index in [1.807, 2.05) is 188 Å². The number of para-hydroxylation sites is 6. The zero-order valence-electron chi connectivity index (χ0n) is 77.0. The van der Waals surface area contributed by atoms with Crippen LogP contribution in [0.2, 0.25) is 0 Å². The van der Waals surface area contributed by atoms with Gasteiger partial charge in [0.2, 0.25) is 0 Å². The third-order valence-electron chi connectivity index (χ3n) is 28.3. The van der Waals surface area contributed by atoms with E-state index < -0.39 is 16.2 Å². The van der Waals surface area contributed by atoms with E-state index in [4.69, 9.17) is 59.1 Å². The van der Waals surface area contributed by atoms with E-state index in [0.717, 1.165) is 162 Å². The van der Waals surface area contributed by atoms with Crippen molar-refractivity contribution >= 4 is 0 Å². The van der Waals surface area contributed by atoms with Gasteiger partial charge in [0.15, 0.2) is 52.4 Å². The van der Waals surface area contributed by atoms with Crippen molar-refractivity contribution in [1.29, 1.82) is 15.8 Å². The topological polar surface area (TPSA) is 215 Å². The summed E-state index contributed by atoms with van der Waals surface area (Å²) in [6, 6.07) is 163. The summed E-state index contributed by atoms with van der Waals surface area (Å²) in [7, 11) is 0. The number of fused-ring (bicyclic) bond motifs is 27. The Morgan fingerprint density at radius 1 is 0.153 bits per heavy atom. The van der Waals surface area contributed by atoms with E-state index in [1.165, 1.54) is 33.4 Å². The van der Waals surface area contributed by atoms with Gasteiger partial charge in [-0.25, -0.2) is 44.9 Å². The Labute approximate surface area is 829 Å². The lowest BCUT2D eigenvalue weighted by molar-refractivity contribution is 0.436. The second kappa shape index (κ2) is 34.7. The van der Waals surface area contributed by atoms with Crippen molar-refractivity contribution in [3.05, 3.63) is 544 Å². The number of aromatic nitrogens is 9. The summed E-state index contributed by atoms with van der Waals surface area (Å²) in [5, 5.41) is 28.2. The van der Waals surface area contributed by atoms with Crippen molar-refractivity contribution < 1.29 is 14.2 Å². The Hall–Kier alpha value is -19.9. The molecule has 19 aromatic carbocycles. The number of ether oxygens (including phenoxy) is 3. The van der Waals surface area contributed by atoms with Gasteiger partial charge in [-0.2, -0.15) is 15.8 Å². The molecule has 0 radical (unpaired) electrons. The van der Waals surface area contributed by atoms with Crippen LogP contribution in [0.25, 0.3) is 147 Å². The zero-order chi connectivity index (χ0) is 96.0. The number of benzene rings is 19. The van der Waals surface area contributed by atoms with Crippen LogP contribution in [0, 0.1) is 34.0 Å². The fourth-order valence-corrected chi connectivity index (χ4v) is 22.2. The molecule has 670 valence electrons. The fourth-order valence-electron chi connectivity index (χ4n) is 22.2. The number of nitrogens with zero attached hydrogens (tertiary/aromatic N) is 12. The lowest BCUT2D eigenvalue weighted by Crippen LogP contribution is -2.32. The highest BCUT2D eigenvalue weighted by molar-refractivity contribution is 5.99. The van der Waals surface area contributed by atoms with E-state index in [-0.39, 0.29) is 0 Å². The van der Waals surface area contributed by atoms with Gasteiger partial charge in [0.25, 0.3) is 0 Å². The maximum atomic E-state index is 9.44. The molecule has 144 heavy (non-hydrogen) atoms. The Kier molecular flexibility index (Phi) is 20.4. The van der Waals surface area contributed by atoms with Gasteiger partial charge in [0.05, 0.1) is 51.1 Å². The van der Waals surface area contributed by atoms with E-state index in [9.17, 15) is 15.8 Å². The normalized spacial score (nSPS) is 13.0. The summed E-state index contributed by atoms with van der Waals surface area (Å²) in [6.45, 7) is 0. The fraction of sp³-hybridized carbons (Fsp3) is 0.0233. The van der Waals surface area contributed by atoms with Gasteiger partial charge in [-0.05, 0) is 181 Å². The van der Waals surface area contributed by atoms with Crippen LogP contribution in [0.4, 0.5) is 0 Å². The molecule has 0 saturated heterocycles. The highest BCUT2D eigenvalue weighted by Crippen LogP contribution is 2.67. The van der Waals surface area contributed by atoms with E-state index in [2.05, 4.69) is 267 Å². The summed E-state index contributed by atoms with van der Waals surface area (Å²) >= 11 is 0. The zero-order valence-corrected chi connectivity index (χ0v) is 77.0. The molecule has 28 rings (SSSR count). The molecular weight excluding hydrogens is 1770 g/mol. The monoisotopic (exact) mass is 1840 g/mol. The maximum absolute atomic E-state index is 9.44. The van der Waals surface area contributed by atoms with Crippen LogP contribution in [-0.4, -0.2) is 44.9 Å². The molecule has 6 heterocycles. The minimum atomic E-state index is -0.593. The van der Waals surface area contributed by atoms with Crippen LogP contribution in [0.1, 0.15) is 83.5 Å². The molecule has 3 aromatic heterocycles. The largest absolute Gasteiger partial charge is 0.457 e. The van der Waals surface area contributed by atoms with Crippen molar-refractivity contribution in [3.63, 3.8) is 0 Å². The first kappa shape index (κ1) is 84.6. The van der Waals surface area contributed by atoms with Gasteiger partial charge in [-0.15, -0.1) is 0 Å². The predicted molar refractivity (Wildman–Crippen MR) is 560 cm³/mol. The Morgan fingerprint density at radius 2 is 0.389 bits per heavy atom. The molecule has 0 bridgehead atoms. The summed E-state index contributed by atoms with van der Waals surface area (Å²) in [6.07, 6.45) is 0. The molecule has 22 aromatic rings. The van der Waals surface area contributed by atoms with Crippen molar-refractivity contribution in [2.24, 2.45) is 0 Å². The van der Waals surface area contributed by atoms with Crippen molar-refractivity contribution in [1.82, 2.24) is 44.9 Å². The van der Waals surface area contributed by atoms with Gasteiger partial charge in [-0.1, -0.05) is 358 Å². The number of hydrogen-bond acceptors (Lipinski definition) is 15. The molecule has 0 saturated carbocycles. The van der Waals surface area contributed by atoms with Crippen molar-refractivity contribution in [2.75, 3.05) is 0 Å². The first-order valence-corrected chi connectivity index (χ1v) is 47.6. The molecule has 15 heteroatoms. The van der Waals surface area contributed by atoms with E-state index in [1.54, 1.807) is 24.3 Å². The minimum Gasteiger partial charge on any atom is -0.457 e. The summed E-state index contributed by atoms with van der Waals surface area (Å²) in [4.78, 5) is 45.5. The Morgan fingerprint density at radius 3 is 0.743 bits per heavy atom. The number of rotatable bonds is 10. The van der Waals surface area contributed by atoms with Gasteiger partial charge >= 0.3 is 0 Å². The smallest absolute Gasteiger partial charge is 0.164 e. The average Bonchev–Trinajstić information content (AvgIpc) is 1.52. The van der Waals surface area contributed by atoms with Crippen LogP contribution in [0.5, 0.6) is 34.5 Å². The molecule has 0 atom stereocenters. The first-order chi connectivity index (χ1) is 71.2. The number of nitriles is 3. The van der Waals surface area contributed by atoms with Crippen molar-refractivity contribution in [2.45, 2.75) is 16.2 Å². The minimum absolute atomic E-state index is 0.550. The highest BCUT2D eigenvalue weighted by atomic mass is 16.5. The lowest BCUT2D eigenvalue weighted by Gasteiger charge is -2.39. The second-order valence-electron chi connectivity index (χ2n) is 36.1.